The number of rotatable bonds is 5. The van der Waals surface area contributed by atoms with Crippen LogP contribution in [-0.2, 0) is 20.0 Å². The van der Waals surface area contributed by atoms with Crippen LogP contribution in [-0.4, -0.2) is 16.8 Å². The third-order valence-electron chi connectivity index (χ3n) is 3.46. The quantitative estimate of drug-likeness (QED) is 0.847. The van der Waals surface area contributed by atoms with Crippen molar-refractivity contribution in [2.24, 2.45) is 5.14 Å². The molecule has 0 saturated heterocycles. The van der Waals surface area contributed by atoms with E-state index in [0.717, 1.165) is 11.0 Å². The van der Waals surface area contributed by atoms with Crippen LogP contribution in [0.3, 0.4) is 0 Å². The molecule has 0 radical (unpaired) electrons. The van der Waals surface area contributed by atoms with E-state index in [1.54, 1.807) is 38.1 Å². The van der Waals surface area contributed by atoms with Gasteiger partial charge in [0.05, 0.1) is 16.0 Å². The maximum absolute atomic E-state index is 12.2. The fourth-order valence-corrected chi connectivity index (χ4v) is 3.56. The van der Waals surface area contributed by atoms with E-state index in [2.05, 4.69) is 4.72 Å². The highest BCUT2D eigenvalue weighted by atomic mass is 32.2. The van der Waals surface area contributed by atoms with Gasteiger partial charge in [-0.25, -0.2) is 22.0 Å². The van der Waals surface area contributed by atoms with Gasteiger partial charge in [-0.2, -0.15) is 0 Å². The van der Waals surface area contributed by atoms with Gasteiger partial charge in [-0.1, -0.05) is 30.3 Å². The predicted molar refractivity (Wildman–Crippen MR) is 95.3 cm³/mol. The molecule has 128 valence electrons. The van der Waals surface area contributed by atoms with Crippen molar-refractivity contribution in [2.45, 2.75) is 18.7 Å². The van der Waals surface area contributed by atoms with Gasteiger partial charge in [0.2, 0.25) is 10.0 Å². The monoisotopic (exact) mass is 366 g/mol. The van der Waals surface area contributed by atoms with E-state index in [1.807, 2.05) is 6.07 Å². The van der Waals surface area contributed by atoms with Gasteiger partial charge in [-0.05, 0) is 48.7 Å². The SMILES string of the molecule is Cc1cc(S(N)(=O)=O)cc(NS(=O)(=O)C=Cc2ccccc2)c1C. The van der Waals surface area contributed by atoms with Crippen molar-refractivity contribution in [3.05, 3.63) is 64.6 Å². The van der Waals surface area contributed by atoms with E-state index in [0.29, 0.717) is 11.1 Å². The van der Waals surface area contributed by atoms with E-state index < -0.39 is 20.0 Å². The smallest absolute Gasteiger partial charge is 0.255 e. The molecule has 3 N–H and O–H groups in total. The largest absolute Gasteiger partial charge is 0.280 e. The number of hydrogen-bond donors (Lipinski definition) is 2. The van der Waals surface area contributed by atoms with Crippen LogP contribution in [0.25, 0.3) is 6.08 Å². The zero-order chi connectivity index (χ0) is 18.0. The van der Waals surface area contributed by atoms with Crippen LogP contribution in [0.4, 0.5) is 5.69 Å². The molecule has 6 nitrogen and oxygen atoms in total. The fraction of sp³-hybridized carbons (Fsp3) is 0.125. The zero-order valence-electron chi connectivity index (χ0n) is 13.2. The van der Waals surface area contributed by atoms with Gasteiger partial charge < -0.3 is 0 Å². The molecule has 0 unspecified atom stereocenters. The predicted octanol–water partition coefficient (Wildman–Crippen LogP) is 2.36. The van der Waals surface area contributed by atoms with Crippen molar-refractivity contribution >= 4 is 31.8 Å². The molecule has 0 spiro atoms. The normalized spacial score (nSPS) is 12.5. The number of benzene rings is 2. The van der Waals surface area contributed by atoms with Crippen LogP contribution in [0.15, 0.2) is 52.8 Å². The Kier molecular flexibility index (Phi) is 5.12. The van der Waals surface area contributed by atoms with Gasteiger partial charge in [0.15, 0.2) is 0 Å². The zero-order valence-corrected chi connectivity index (χ0v) is 14.9. The highest BCUT2D eigenvalue weighted by molar-refractivity contribution is 7.95. The molecule has 0 heterocycles. The minimum absolute atomic E-state index is 0.143. The highest BCUT2D eigenvalue weighted by Gasteiger charge is 2.15. The van der Waals surface area contributed by atoms with Crippen molar-refractivity contribution in [1.82, 2.24) is 0 Å². The topological polar surface area (TPSA) is 106 Å². The Bertz CT molecular complexity index is 980. The van der Waals surface area contributed by atoms with E-state index in [9.17, 15) is 16.8 Å². The lowest BCUT2D eigenvalue weighted by Crippen LogP contribution is -2.15. The van der Waals surface area contributed by atoms with Crippen molar-refractivity contribution in [1.29, 1.82) is 0 Å². The first kappa shape index (κ1) is 18.2. The highest BCUT2D eigenvalue weighted by Crippen LogP contribution is 2.24. The first-order chi connectivity index (χ1) is 11.1. The van der Waals surface area contributed by atoms with Crippen LogP contribution in [0.5, 0.6) is 0 Å². The molecule has 0 saturated carbocycles. The van der Waals surface area contributed by atoms with E-state index >= 15 is 0 Å². The van der Waals surface area contributed by atoms with E-state index in [1.165, 1.54) is 18.2 Å². The third-order valence-corrected chi connectivity index (χ3v) is 5.35. The molecule has 24 heavy (non-hydrogen) atoms. The summed E-state index contributed by atoms with van der Waals surface area (Å²) in [6, 6.07) is 11.6. The maximum Gasteiger partial charge on any atom is 0.255 e. The number of nitrogens with two attached hydrogens (primary N) is 1. The summed E-state index contributed by atoms with van der Waals surface area (Å²) < 4.78 is 49.8. The number of aryl methyl sites for hydroxylation is 1. The molecule has 0 fully saturated rings. The van der Waals surface area contributed by atoms with Crippen molar-refractivity contribution in [2.75, 3.05) is 4.72 Å². The van der Waals surface area contributed by atoms with Crippen LogP contribution in [0, 0.1) is 13.8 Å². The van der Waals surface area contributed by atoms with Gasteiger partial charge >= 0.3 is 0 Å². The average Bonchev–Trinajstić information content (AvgIpc) is 2.49. The summed E-state index contributed by atoms with van der Waals surface area (Å²) >= 11 is 0. The summed E-state index contributed by atoms with van der Waals surface area (Å²) in [5.41, 5.74) is 2.15. The molecule has 0 atom stereocenters. The van der Waals surface area contributed by atoms with Crippen molar-refractivity contribution < 1.29 is 16.8 Å². The summed E-state index contributed by atoms with van der Waals surface area (Å²) in [5, 5.41) is 6.15. The summed E-state index contributed by atoms with van der Waals surface area (Å²) in [6.07, 6.45) is 1.45. The Labute approximate surface area is 142 Å². The minimum atomic E-state index is -3.93. The Hall–Kier alpha value is -2.16. The lowest BCUT2D eigenvalue weighted by molar-refractivity contribution is 0.597. The number of sulfonamides is 2. The molecule has 0 aromatic heterocycles. The Morgan fingerprint density at radius 2 is 1.62 bits per heavy atom. The second-order valence-corrected chi connectivity index (χ2v) is 8.45. The first-order valence-electron chi connectivity index (χ1n) is 6.98. The van der Waals surface area contributed by atoms with Crippen LogP contribution in [0.2, 0.25) is 0 Å². The second kappa shape index (κ2) is 6.76. The van der Waals surface area contributed by atoms with Crippen molar-refractivity contribution in [3.8, 4) is 0 Å². The number of primary sulfonamides is 1. The van der Waals surface area contributed by atoms with Crippen LogP contribution in [0.1, 0.15) is 16.7 Å². The molecule has 2 aromatic rings. The van der Waals surface area contributed by atoms with Crippen LogP contribution >= 0.6 is 0 Å². The van der Waals surface area contributed by atoms with Gasteiger partial charge in [0, 0.05) is 0 Å². The molecule has 2 rings (SSSR count). The lowest BCUT2D eigenvalue weighted by atomic mass is 10.1. The van der Waals surface area contributed by atoms with Gasteiger partial charge in [0.1, 0.15) is 0 Å². The summed E-state index contributed by atoms with van der Waals surface area (Å²) in [5.74, 6) is 0. The molecule has 0 bridgehead atoms. The molecular formula is C16H18N2O4S2. The molecule has 0 aliphatic heterocycles. The molecule has 0 amide bonds. The van der Waals surface area contributed by atoms with Gasteiger partial charge in [0.25, 0.3) is 10.0 Å². The number of nitrogens with one attached hydrogen (secondary N) is 1. The standard InChI is InChI=1S/C16H18N2O4S2/c1-12-10-15(24(17,21)22)11-16(13(12)2)18-23(19,20)9-8-14-6-4-3-5-7-14/h3-11,18H,1-2H3,(H2,17,21,22). The first-order valence-corrected chi connectivity index (χ1v) is 10.1. The Morgan fingerprint density at radius 1 is 1.00 bits per heavy atom. The van der Waals surface area contributed by atoms with Gasteiger partial charge in [-0.3, -0.25) is 4.72 Å². The van der Waals surface area contributed by atoms with Crippen molar-refractivity contribution in [3.63, 3.8) is 0 Å². The molecule has 0 aliphatic rings. The second-order valence-electron chi connectivity index (χ2n) is 5.32. The third kappa shape index (κ3) is 4.67. The van der Waals surface area contributed by atoms with E-state index in [-0.39, 0.29) is 10.6 Å². The summed E-state index contributed by atoms with van der Waals surface area (Å²) in [6.45, 7) is 3.38. The molecular weight excluding hydrogens is 348 g/mol. The minimum Gasteiger partial charge on any atom is -0.280 e. The lowest BCUT2D eigenvalue weighted by Gasteiger charge is -2.12. The molecule has 2 aromatic carbocycles. The number of hydrogen-bond acceptors (Lipinski definition) is 4. The Balaban J connectivity index is 2.36. The molecule has 8 heteroatoms. The number of anilines is 1. The maximum atomic E-state index is 12.2. The average molecular weight is 366 g/mol. The molecule has 0 aliphatic carbocycles. The summed E-state index contributed by atoms with van der Waals surface area (Å²) in [7, 11) is -7.73. The Morgan fingerprint density at radius 3 is 2.21 bits per heavy atom. The fourth-order valence-electron chi connectivity index (χ4n) is 2.02. The summed E-state index contributed by atoms with van der Waals surface area (Å²) in [4.78, 5) is -0.143. The van der Waals surface area contributed by atoms with Crippen LogP contribution < -0.4 is 9.86 Å². The van der Waals surface area contributed by atoms with E-state index in [4.69, 9.17) is 5.14 Å². The van der Waals surface area contributed by atoms with Gasteiger partial charge in [-0.15, -0.1) is 0 Å².